The quantitative estimate of drug-likeness (QED) is 0.879. The molecule has 0 spiro atoms. The number of nitrogen functional groups attached to an aromatic ring is 1. The van der Waals surface area contributed by atoms with Crippen LogP contribution < -0.4 is 11.1 Å². The third-order valence-corrected chi connectivity index (χ3v) is 4.12. The molecule has 0 unspecified atom stereocenters. The highest BCUT2D eigenvalue weighted by atomic mass is 35.5. The van der Waals surface area contributed by atoms with E-state index in [1.54, 1.807) is 0 Å². The molecule has 6 nitrogen and oxygen atoms in total. The summed E-state index contributed by atoms with van der Waals surface area (Å²) >= 11 is 7.52. The van der Waals surface area contributed by atoms with Crippen molar-refractivity contribution in [1.29, 1.82) is 0 Å². The van der Waals surface area contributed by atoms with E-state index in [4.69, 9.17) is 17.3 Å². The summed E-state index contributed by atoms with van der Waals surface area (Å²) in [6, 6.07) is 0.249. The average molecular weight is 301 g/mol. The van der Waals surface area contributed by atoms with Gasteiger partial charge in [-0.25, -0.2) is 0 Å². The lowest BCUT2D eigenvalue weighted by atomic mass is 10.3. The fourth-order valence-electron chi connectivity index (χ4n) is 1.78. The van der Waals surface area contributed by atoms with Crippen molar-refractivity contribution in [3.05, 3.63) is 21.4 Å². The second kappa shape index (κ2) is 5.85. The SMILES string of the molecule is Cc1nn(C[C@H](C)NCc2nnc(N)s2)c(C)c1Cl. The molecule has 2 aromatic heterocycles. The van der Waals surface area contributed by atoms with Crippen LogP contribution in [0.5, 0.6) is 0 Å². The van der Waals surface area contributed by atoms with Crippen molar-refractivity contribution in [3.8, 4) is 0 Å². The number of rotatable bonds is 5. The molecule has 8 heteroatoms. The average Bonchev–Trinajstić information content (AvgIpc) is 2.88. The first-order valence-electron chi connectivity index (χ1n) is 5.98. The second-order valence-electron chi connectivity index (χ2n) is 4.48. The van der Waals surface area contributed by atoms with Gasteiger partial charge in [0.25, 0.3) is 0 Å². The molecular formula is C11H17ClN6S. The van der Waals surface area contributed by atoms with Crippen LogP contribution in [0.4, 0.5) is 5.13 Å². The maximum atomic E-state index is 6.12. The van der Waals surface area contributed by atoms with Gasteiger partial charge >= 0.3 is 0 Å². The molecule has 0 saturated carbocycles. The molecule has 1 atom stereocenters. The maximum absolute atomic E-state index is 6.12. The van der Waals surface area contributed by atoms with E-state index in [9.17, 15) is 0 Å². The standard InChI is InChI=1S/C11H17ClN6S/c1-6(14-4-9-15-16-11(13)19-9)5-18-8(3)10(12)7(2)17-18/h6,14H,4-5H2,1-3H3,(H2,13,16)/t6-/m0/s1. The predicted molar refractivity (Wildman–Crippen MR) is 77.3 cm³/mol. The van der Waals surface area contributed by atoms with Crippen molar-refractivity contribution in [2.75, 3.05) is 5.73 Å². The molecule has 0 aliphatic carbocycles. The molecule has 3 N–H and O–H groups in total. The molecule has 0 bridgehead atoms. The van der Waals surface area contributed by atoms with Crippen LogP contribution in [-0.2, 0) is 13.1 Å². The summed E-state index contributed by atoms with van der Waals surface area (Å²) in [5.74, 6) is 0. The first-order valence-corrected chi connectivity index (χ1v) is 7.17. The highest BCUT2D eigenvalue weighted by molar-refractivity contribution is 7.15. The minimum atomic E-state index is 0.249. The maximum Gasteiger partial charge on any atom is 0.203 e. The van der Waals surface area contributed by atoms with Crippen molar-refractivity contribution in [2.45, 2.75) is 39.9 Å². The van der Waals surface area contributed by atoms with E-state index in [1.807, 2.05) is 18.5 Å². The summed E-state index contributed by atoms with van der Waals surface area (Å²) in [6.45, 7) is 7.39. The summed E-state index contributed by atoms with van der Waals surface area (Å²) < 4.78 is 1.92. The van der Waals surface area contributed by atoms with Crippen LogP contribution in [-0.4, -0.2) is 26.0 Å². The zero-order chi connectivity index (χ0) is 14.0. The molecule has 104 valence electrons. The van der Waals surface area contributed by atoms with Crippen molar-refractivity contribution in [1.82, 2.24) is 25.3 Å². The van der Waals surface area contributed by atoms with Gasteiger partial charge in [-0.05, 0) is 20.8 Å². The predicted octanol–water partition coefficient (Wildman–Crippen LogP) is 1.77. The fourth-order valence-corrected chi connectivity index (χ4v) is 2.47. The van der Waals surface area contributed by atoms with E-state index < -0.39 is 0 Å². The third kappa shape index (κ3) is 3.43. The molecule has 0 aliphatic heterocycles. The van der Waals surface area contributed by atoms with Crippen LogP contribution in [0.15, 0.2) is 0 Å². The Balaban J connectivity index is 1.90. The largest absolute Gasteiger partial charge is 0.374 e. The van der Waals surface area contributed by atoms with Gasteiger partial charge in [0.15, 0.2) is 0 Å². The van der Waals surface area contributed by atoms with Crippen molar-refractivity contribution in [2.24, 2.45) is 0 Å². The molecule has 0 radical (unpaired) electrons. The second-order valence-corrected chi connectivity index (χ2v) is 5.95. The Morgan fingerprint density at radius 1 is 1.42 bits per heavy atom. The number of aryl methyl sites for hydroxylation is 1. The van der Waals surface area contributed by atoms with Gasteiger partial charge in [-0.2, -0.15) is 5.10 Å². The molecule has 19 heavy (non-hydrogen) atoms. The monoisotopic (exact) mass is 300 g/mol. The Kier molecular flexibility index (Phi) is 4.38. The molecule has 0 saturated heterocycles. The summed E-state index contributed by atoms with van der Waals surface area (Å²) in [4.78, 5) is 0. The Bertz CT molecular complexity index is 564. The molecule has 2 rings (SSSR count). The molecule has 0 aliphatic rings. The van der Waals surface area contributed by atoms with Gasteiger partial charge < -0.3 is 11.1 Å². The Labute approximate surface area is 121 Å². The van der Waals surface area contributed by atoms with E-state index in [-0.39, 0.29) is 6.04 Å². The van der Waals surface area contributed by atoms with E-state index in [0.29, 0.717) is 11.7 Å². The van der Waals surface area contributed by atoms with Gasteiger partial charge in [0, 0.05) is 6.04 Å². The highest BCUT2D eigenvalue weighted by Crippen LogP contribution is 2.19. The van der Waals surface area contributed by atoms with E-state index in [0.717, 1.165) is 28.0 Å². The van der Waals surface area contributed by atoms with E-state index in [1.165, 1.54) is 11.3 Å². The number of aromatic nitrogens is 4. The first kappa shape index (κ1) is 14.2. The minimum Gasteiger partial charge on any atom is -0.374 e. The lowest BCUT2D eigenvalue weighted by Gasteiger charge is -2.13. The van der Waals surface area contributed by atoms with Gasteiger partial charge in [0.1, 0.15) is 5.01 Å². The van der Waals surface area contributed by atoms with Gasteiger partial charge in [-0.1, -0.05) is 22.9 Å². The summed E-state index contributed by atoms with van der Waals surface area (Å²) in [7, 11) is 0. The van der Waals surface area contributed by atoms with Crippen LogP contribution in [0.25, 0.3) is 0 Å². The van der Waals surface area contributed by atoms with Gasteiger partial charge in [0.05, 0.1) is 29.5 Å². The number of hydrogen-bond donors (Lipinski definition) is 2. The third-order valence-electron chi connectivity index (χ3n) is 2.82. The zero-order valence-electron chi connectivity index (χ0n) is 11.1. The number of hydrogen-bond acceptors (Lipinski definition) is 6. The van der Waals surface area contributed by atoms with Crippen molar-refractivity contribution in [3.63, 3.8) is 0 Å². The van der Waals surface area contributed by atoms with E-state index >= 15 is 0 Å². The molecule has 2 heterocycles. The molecule has 0 amide bonds. The van der Waals surface area contributed by atoms with Crippen LogP contribution >= 0.6 is 22.9 Å². The van der Waals surface area contributed by atoms with E-state index in [2.05, 4.69) is 27.5 Å². The van der Waals surface area contributed by atoms with Crippen molar-refractivity contribution < 1.29 is 0 Å². The number of anilines is 1. The number of nitrogens with zero attached hydrogens (tertiary/aromatic N) is 4. The molecule has 0 aromatic carbocycles. The smallest absolute Gasteiger partial charge is 0.203 e. The lowest BCUT2D eigenvalue weighted by Crippen LogP contribution is -2.30. The minimum absolute atomic E-state index is 0.249. The summed E-state index contributed by atoms with van der Waals surface area (Å²) in [6.07, 6.45) is 0. The van der Waals surface area contributed by atoms with Crippen LogP contribution in [0.3, 0.4) is 0 Å². The van der Waals surface area contributed by atoms with Crippen LogP contribution in [0.2, 0.25) is 5.02 Å². The summed E-state index contributed by atoms with van der Waals surface area (Å²) in [5, 5.41) is 17.6. The highest BCUT2D eigenvalue weighted by Gasteiger charge is 2.12. The van der Waals surface area contributed by atoms with Crippen molar-refractivity contribution >= 4 is 28.1 Å². The number of halogens is 1. The van der Waals surface area contributed by atoms with Gasteiger partial charge in [-0.15, -0.1) is 10.2 Å². The molecule has 0 fully saturated rings. The van der Waals surface area contributed by atoms with Crippen LogP contribution in [0.1, 0.15) is 23.3 Å². The normalized spacial score (nSPS) is 12.8. The molecule has 2 aromatic rings. The topological polar surface area (TPSA) is 81.7 Å². The Morgan fingerprint density at radius 3 is 2.68 bits per heavy atom. The van der Waals surface area contributed by atoms with Gasteiger partial charge in [-0.3, -0.25) is 4.68 Å². The zero-order valence-corrected chi connectivity index (χ0v) is 12.7. The van der Waals surface area contributed by atoms with Crippen LogP contribution in [0, 0.1) is 13.8 Å². The van der Waals surface area contributed by atoms with Gasteiger partial charge in [0.2, 0.25) is 5.13 Å². The lowest BCUT2D eigenvalue weighted by molar-refractivity contribution is 0.443. The first-order chi connectivity index (χ1) is 8.97. The fraction of sp³-hybridized carbons (Fsp3) is 0.545. The Hall–Kier alpha value is -1.18. The number of nitrogens with two attached hydrogens (primary N) is 1. The number of nitrogens with one attached hydrogen (secondary N) is 1. The Morgan fingerprint density at radius 2 is 2.16 bits per heavy atom. The summed E-state index contributed by atoms with van der Waals surface area (Å²) in [5.41, 5.74) is 7.39. The molecular weight excluding hydrogens is 284 g/mol.